The fourth-order valence-corrected chi connectivity index (χ4v) is 2.63. The molecule has 24 heavy (non-hydrogen) atoms. The van der Waals surface area contributed by atoms with E-state index in [1.165, 1.54) is 13.0 Å². The highest BCUT2D eigenvalue weighted by atomic mass is 16.5. The van der Waals surface area contributed by atoms with E-state index < -0.39 is 5.91 Å². The van der Waals surface area contributed by atoms with E-state index >= 15 is 0 Å². The maximum absolute atomic E-state index is 12.6. The molecule has 0 saturated heterocycles. The highest BCUT2D eigenvalue weighted by molar-refractivity contribution is 6.12. The van der Waals surface area contributed by atoms with Gasteiger partial charge in [0.2, 0.25) is 0 Å². The average molecular weight is 327 g/mol. The van der Waals surface area contributed by atoms with E-state index in [1.807, 2.05) is 0 Å². The van der Waals surface area contributed by atoms with E-state index in [1.54, 1.807) is 43.3 Å². The van der Waals surface area contributed by atoms with Crippen LogP contribution in [-0.4, -0.2) is 28.6 Å². The van der Waals surface area contributed by atoms with Crippen molar-refractivity contribution in [3.63, 3.8) is 0 Å². The molecule has 0 heterocycles. The average Bonchev–Trinajstić information content (AvgIpc) is 2.58. The van der Waals surface area contributed by atoms with E-state index in [4.69, 9.17) is 5.11 Å². The van der Waals surface area contributed by atoms with Gasteiger partial charge in [-0.15, -0.1) is 0 Å². The van der Waals surface area contributed by atoms with Crippen molar-refractivity contribution in [1.82, 2.24) is 0 Å². The van der Waals surface area contributed by atoms with Gasteiger partial charge in [-0.05, 0) is 56.0 Å². The number of aryl methyl sites for hydroxylation is 2. The molecule has 126 valence electrons. The van der Waals surface area contributed by atoms with Gasteiger partial charge >= 0.3 is 0 Å². The zero-order valence-corrected chi connectivity index (χ0v) is 13.8. The first kappa shape index (κ1) is 17.8. The van der Waals surface area contributed by atoms with Crippen molar-refractivity contribution < 1.29 is 19.9 Å². The number of ketones is 1. The lowest BCUT2D eigenvalue weighted by molar-refractivity contribution is 0.0848. The Morgan fingerprint density at radius 2 is 1.75 bits per heavy atom. The molecule has 0 radical (unpaired) electrons. The number of rotatable bonds is 6. The Morgan fingerprint density at radius 3 is 2.33 bits per heavy atom. The molecule has 0 fully saturated rings. The van der Waals surface area contributed by atoms with E-state index in [-0.39, 0.29) is 18.0 Å². The second-order valence-corrected chi connectivity index (χ2v) is 5.66. The summed E-state index contributed by atoms with van der Waals surface area (Å²) in [5.41, 5.74) is 2.52. The van der Waals surface area contributed by atoms with E-state index in [2.05, 4.69) is 0 Å². The molecule has 2 rings (SSSR count). The van der Waals surface area contributed by atoms with Crippen LogP contribution in [0.5, 0.6) is 0 Å². The first-order valence-corrected chi connectivity index (χ1v) is 7.79. The summed E-state index contributed by atoms with van der Waals surface area (Å²) in [5.74, 6) is -0.865. The van der Waals surface area contributed by atoms with E-state index in [9.17, 15) is 14.8 Å². The minimum absolute atomic E-state index is 0.119. The van der Waals surface area contributed by atoms with Crippen molar-refractivity contribution in [2.75, 3.05) is 11.7 Å². The van der Waals surface area contributed by atoms with Crippen LogP contribution in [0.3, 0.4) is 0 Å². The third kappa shape index (κ3) is 3.88. The maximum Gasteiger partial charge on any atom is 0.282 e. The Labute approximate surface area is 141 Å². The van der Waals surface area contributed by atoms with Crippen molar-refractivity contribution >= 4 is 17.4 Å². The lowest BCUT2D eigenvalue weighted by Gasteiger charge is -2.17. The quantitative estimate of drug-likeness (QED) is 0.485. The van der Waals surface area contributed by atoms with Gasteiger partial charge in [0.25, 0.3) is 5.91 Å². The fraction of sp³-hybridized carbons (Fsp3) is 0.263. The number of hydrogen-bond donors (Lipinski definition) is 2. The van der Waals surface area contributed by atoms with Gasteiger partial charge < -0.3 is 5.11 Å². The van der Waals surface area contributed by atoms with Gasteiger partial charge in [0.05, 0.1) is 11.3 Å². The predicted molar refractivity (Wildman–Crippen MR) is 91.6 cm³/mol. The molecule has 0 bridgehead atoms. The highest BCUT2D eigenvalue weighted by Crippen LogP contribution is 2.21. The number of hydroxylamine groups is 1. The minimum atomic E-state index is -0.646. The molecule has 0 aliphatic heterocycles. The molecular formula is C19H21NO4. The zero-order valence-electron chi connectivity index (χ0n) is 13.8. The molecule has 0 saturated carbocycles. The Bertz CT molecular complexity index is 738. The predicted octanol–water partition coefficient (Wildman–Crippen LogP) is 3.16. The fourth-order valence-electron chi connectivity index (χ4n) is 2.63. The molecular weight excluding hydrogens is 306 g/mol. The Kier molecular flexibility index (Phi) is 5.84. The molecule has 2 aromatic carbocycles. The monoisotopic (exact) mass is 327 g/mol. The van der Waals surface area contributed by atoms with Gasteiger partial charge in [0, 0.05) is 12.2 Å². The number of aliphatic hydroxyl groups excluding tert-OH is 1. The van der Waals surface area contributed by atoms with Gasteiger partial charge in [-0.2, -0.15) is 5.06 Å². The molecule has 0 spiro atoms. The number of nitrogens with zero attached hydrogens (tertiary/aromatic N) is 1. The summed E-state index contributed by atoms with van der Waals surface area (Å²) in [7, 11) is 0. The van der Waals surface area contributed by atoms with Crippen LogP contribution in [0, 0.1) is 6.92 Å². The zero-order chi connectivity index (χ0) is 17.7. The number of carbonyl (C=O) groups is 2. The number of hydrogen-bond acceptors (Lipinski definition) is 4. The molecule has 0 aromatic heterocycles. The first-order valence-electron chi connectivity index (χ1n) is 7.79. The van der Waals surface area contributed by atoms with Gasteiger partial charge in [0.15, 0.2) is 5.78 Å². The van der Waals surface area contributed by atoms with Crippen molar-refractivity contribution in [3.05, 3.63) is 64.7 Å². The summed E-state index contributed by atoms with van der Waals surface area (Å²) in [5, 5.41) is 19.6. The SMILES string of the molecule is CC(=O)c1c(C)cccc1C(=O)N(O)c1ccc(CCCO)cc1. The number of benzene rings is 2. The number of aliphatic hydroxyl groups is 1. The Balaban J connectivity index is 2.27. The molecule has 0 aliphatic carbocycles. The summed E-state index contributed by atoms with van der Waals surface area (Å²) < 4.78 is 0. The third-order valence-electron chi connectivity index (χ3n) is 3.85. The minimum Gasteiger partial charge on any atom is -0.396 e. The summed E-state index contributed by atoms with van der Waals surface area (Å²) in [6.45, 7) is 3.27. The standard InChI is InChI=1S/C19H21NO4/c1-13-5-3-7-17(18(13)14(2)22)19(23)20(24)16-10-8-15(9-11-16)6-4-12-21/h3,5,7-11,21,24H,4,6,12H2,1-2H3. The lowest BCUT2D eigenvalue weighted by Crippen LogP contribution is -2.28. The molecule has 5 heteroatoms. The van der Waals surface area contributed by atoms with Crippen LogP contribution >= 0.6 is 0 Å². The van der Waals surface area contributed by atoms with Crippen molar-refractivity contribution in [3.8, 4) is 0 Å². The molecule has 0 atom stereocenters. The van der Waals surface area contributed by atoms with Crippen LogP contribution < -0.4 is 5.06 Å². The van der Waals surface area contributed by atoms with E-state index in [0.717, 1.165) is 12.0 Å². The van der Waals surface area contributed by atoms with Crippen molar-refractivity contribution in [1.29, 1.82) is 0 Å². The largest absolute Gasteiger partial charge is 0.396 e. The summed E-state index contributed by atoms with van der Waals surface area (Å²) in [6, 6.07) is 11.8. The Morgan fingerprint density at radius 1 is 1.08 bits per heavy atom. The van der Waals surface area contributed by atoms with Crippen molar-refractivity contribution in [2.45, 2.75) is 26.7 Å². The van der Waals surface area contributed by atoms with Crippen LogP contribution in [0.15, 0.2) is 42.5 Å². The van der Waals surface area contributed by atoms with Crippen molar-refractivity contribution in [2.24, 2.45) is 0 Å². The van der Waals surface area contributed by atoms with Gasteiger partial charge in [-0.25, -0.2) is 0 Å². The number of Topliss-reactive ketones (excluding diaryl/α,β-unsaturated/α-hetero) is 1. The smallest absolute Gasteiger partial charge is 0.282 e. The lowest BCUT2D eigenvalue weighted by atomic mass is 9.98. The molecule has 1 amide bonds. The van der Waals surface area contributed by atoms with Crippen LogP contribution in [0.2, 0.25) is 0 Å². The maximum atomic E-state index is 12.6. The van der Waals surface area contributed by atoms with Crippen LogP contribution in [-0.2, 0) is 6.42 Å². The molecule has 0 unspecified atom stereocenters. The molecule has 2 aromatic rings. The second-order valence-electron chi connectivity index (χ2n) is 5.66. The molecule has 0 aliphatic rings. The summed E-state index contributed by atoms with van der Waals surface area (Å²) in [6.07, 6.45) is 1.38. The van der Waals surface area contributed by atoms with Crippen LogP contribution in [0.25, 0.3) is 0 Å². The normalized spacial score (nSPS) is 10.5. The Hall–Kier alpha value is -2.50. The number of carbonyl (C=O) groups excluding carboxylic acids is 2. The van der Waals surface area contributed by atoms with Crippen LogP contribution in [0.4, 0.5) is 5.69 Å². The van der Waals surface area contributed by atoms with Gasteiger partial charge in [-0.3, -0.25) is 14.8 Å². The van der Waals surface area contributed by atoms with Gasteiger partial charge in [0.1, 0.15) is 0 Å². The van der Waals surface area contributed by atoms with Gasteiger partial charge in [-0.1, -0.05) is 24.3 Å². The highest BCUT2D eigenvalue weighted by Gasteiger charge is 2.22. The molecule has 5 nitrogen and oxygen atoms in total. The summed E-state index contributed by atoms with van der Waals surface area (Å²) >= 11 is 0. The van der Waals surface area contributed by atoms with Crippen LogP contribution in [0.1, 0.15) is 45.2 Å². The number of anilines is 1. The molecule has 2 N–H and O–H groups in total. The third-order valence-corrected chi connectivity index (χ3v) is 3.85. The second kappa shape index (κ2) is 7.86. The number of amides is 1. The summed E-state index contributed by atoms with van der Waals surface area (Å²) in [4.78, 5) is 24.4. The topological polar surface area (TPSA) is 77.8 Å². The first-order chi connectivity index (χ1) is 11.5. The van der Waals surface area contributed by atoms with E-state index in [0.29, 0.717) is 28.3 Å².